The molecular formula is C17H21NO4. The molecule has 0 unspecified atom stereocenters. The fraction of sp³-hybridized carbons (Fsp3) is 0.412. The van der Waals surface area contributed by atoms with E-state index in [-0.39, 0.29) is 6.09 Å². The minimum absolute atomic E-state index is 0.315. The summed E-state index contributed by atoms with van der Waals surface area (Å²) >= 11 is 0. The maximum atomic E-state index is 12.1. The quantitative estimate of drug-likeness (QED) is 0.853. The van der Waals surface area contributed by atoms with Gasteiger partial charge in [0.2, 0.25) is 0 Å². The van der Waals surface area contributed by atoms with Gasteiger partial charge in [0.15, 0.2) is 0 Å². The van der Waals surface area contributed by atoms with Gasteiger partial charge in [-0.05, 0) is 56.0 Å². The van der Waals surface area contributed by atoms with E-state index in [1.807, 2.05) is 39.0 Å². The topological polar surface area (TPSA) is 66.8 Å². The molecular weight excluding hydrogens is 282 g/mol. The van der Waals surface area contributed by atoms with Crippen molar-refractivity contribution in [1.82, 2.24) is 4.90 Å². The smallest absolute Gasteiger partial charge is 0.410 e. The second kappa shape index (κ2) is 6.22. The van der Waals surface area contributed by atoms with Gasteiger partial charge in [-0.2, -0.15) is 0 Å². The number of carbonyl (C=O) groups excluding carboxylic acids is 1. The van der Waals surface area contributed by atoms with E-state index in [1.165, 1.54) is 5.56 Å². The van der Waals surface area contributed by atoms with E-state index < -0.39 is 11.6 Å². The predicted molar refractivity (Wildman–Crippen MR) is 83.5 cm³/mol. The first-order valence-corrected chi connectivity index (χ1v) is 7.25. The summed E-state index contributed by atoms with van der Waals surface area (Å²) in [6.45, 7) is 6.65. The molecule has 2 rings (SSSR count). The molecule has 0 fully saturated rings. The van der Waals surface area contributed by atoms with Crippen LogP contribution in [-0.4, -0.2) is 34.2 Å². The number of hydrogen-bond acceptors (Lipinski definition) is 3. The molecule has 1 amide bonds. The van der Waals surface area contributed by atoms with Crippen LogP contribution in [0.2, 0.25) is 0 Å². The van der Waals surface area contributed by atoms with Crippen molar-refractivity contribution in [3.63, 3.8) is 0 Å². The lowest BCUT2D eigenvalue weighted by molar-refractivity contribution is -0.131. The minimum Gasteiger partial charge on any atom is -0.478 e. The van der Waals surface area contributed by atoms with Crippen LogP contribution in [0.25, 0.3) is 6.08 Å². The fourth-order valence-electron chi connectivity index (χ4n) is 2.33. The van der Waals surface area contributed by atoms with Gasteiger partial charge in [0.05, 0.1) is 0 Å². The van der Waals surface area contributed by atoms with Gasteiger partial charge in [-0.3, -0.25) is 0 Å². The number of ether oxygens (including phenoxy) is 1. The minimum atomic E-state index is -0.979. The molecule has 5 heteroatoms. The molecule has 0 atom stereocenters. The first-order chi connectivity index (χ1) is 10.2. The summed E-state index contributed by atoms with van der Waals surface area (Å²) in [6.07, 6.45) is 3.12. The third-order valence-corrected chi connectivity index (χ3v) is 3.31. The van der Waals surface area contributed by atoms with Gasteiger partial charge < -0.3 is 14.7 Å². The molecule has 0 radical (unpaired) electrons. The molecule has 0 saturated carbocycles. The molecule has 1 aromatic rings. The Balaban J connectivity index is 2.13. The molecule has 1 aliphatic rings. The van der Waals surface area contributed by atoms with E-state index in [2.05, 4.69) is 0 Å². The van der Waals surface area contributed by atoms with Crippen molar-refractivity contribution < 1.29 is 19.4 Å². The number of aliphatic carboxylic acids is 1. The van der Waals surface area contributed by atoms with E-state index in [0.29, 0.717) is 13.1 Å². The lowest BCUT2D eigenvalue weighted by Gasteiger charge is -2.31. The fourth-order valence-corrected chi connectivity index (χ4v) is 2.33. The normalized spacial score (nSPS) is 14.8. The van der Waals surface area contributed by atoms with Crippen LogP contribution < -0.4 is 0 Å². The molecule has 0 saturated heterocycles. The Bertz CT molecular complexity index is 614. The lowest BCUT2D eigenvalue weighted by atomic mass is 9.97. The van der Waals surface area contributed by atoms with Crippen LogP contribution in [0.3, 0.4) is 0 Å². The Kier molecular flexibility index (Phi) is 4.54. The largest absolute Gasteiger partial charge is 0.478 e. The molecule has 1 heterocycles. The zero-order valence-corrected chi connectivity index (χ0v) is 13.1. The highest BCUT2D eigenvalue weighted by Gasteiger charge is 2.25. The second-order valence-corrected chi connectivity index (χ2v) is 6.35. The van der Waals surface area contributed by atoms with Gasteiger partial charge in [0.1, 0.15) is 5.60 Å². The van der Waals surface area contributed by atoms with Gasteiger partial charge in [0.25, 0.3) is 0 Å². The number of carboxylic acids is 1. The first kappa shape index (κ1) is 16.1. The van der Waals surface area contributed by atoms with Crippen LogP contribution in [0.1, 0.15) is 37.5 Å². The summed E-state index contributed by atoms with van der Waals surface area (Å²) in [5.74, 6) is -0.979. The van der Waals surface area contributed by atoms with Crippen molar-refractivity contribution in [3.8, 4) is 0 Å². The maximum absolute atomic E-state index is 12.1. The molecule has 118 valence electrons. The zero-order chi connectivity index (χ0) is 16.3. The highest BCUT2D eigenvalue weighted by molar-refractivity contribution is 5.85. The summed E-state index contributed by atoms with van der Waals surface area (Å²) in [4.78, 5) is 24.4. The van der Waals surface area contributed by atoms with Crippen LogP contribution in [0.5, 0.6) is 0 Å². The van der Waals surface area contributed by atoms with Crippen molar-refractivity contribution in [2.24, 2.45) is 0 Å². The average Bonchev–Trinajstić information content (AvgIpc) is 2.42. The van der Waals surface area contributed by atoms with E-state index in [1.54, 1.807) is 11.0 Å². The Morgan fingerprint density at radius 1 is 1.27 bits per heavy atom. The molecule has 0 aliphatic carbocycles. The van der Waals surface area contributed by atoms with Gasteiger partial charge >= 0.3 is 12.1 Å². The van der Waals surface area contributed by atoms with Crippen LogP contribution >= 0.6 is 0 Å². The number of carboxylic acid groups (broad SMARTS) is 1. The molecule has 0 aromatic heterocycles. The van der Waals surface area contributed by atoms with Gasteiger partial charge in [-0.15, -0.1) is 0 Å². The number of hydrogen-bond donors (Lipinski definition) is 1. The summed E-state index contributed by atoms with van der Waals surface area (Å²) < 4.78 is 5.40. The monoisotopic (exact) mass is 303 g/mol. The van der Waals surface area contributed by atoms with Crippen molar-refractivity contribution in [2.45, 2.75) is 39.3 Å². The predicted octanol–water partition coefficient (Wildman–Crippen LogP) is 3.08. The molecule has 0 bridgehead atoms. The summed E-state index contributed by atoms with van der Waals surface area (Å²) in [5.41, 5.74) is 2.52. The number of amides is 1. The molecule has 5 nitrogen and oxygen atoms in total. The van der Waals surface area contributed by atoms with E-state index in [0.717, 1.165) is 23.6 Å². The van der Waals surface area contributed by atoms with Crippen molar-refractivity contribution in [1.29, 1.82) is 0 Å². The van der Waals surface area contributed by atoms with Gasteiger partial charge in [-0.1, -0.05) is 12.1 Å². The van der Waals surface area contributed by atoms with Crippen LogP contribution in [0.4, 0.5) is 4.79 Å². The Hall–Kier alpha value is -2.30. The summed E-state index contributed by atoms with van der Waals surface area (Å²) in [6, 6.07) is 5.80. The van der Waals surface area contributed by atoms with Crippen molar-refractivity contribution >= 4 is 18.1 Å². The van der Waals surface area contributed by atoms with Crippen LogP contribution in [-0.2, 0) is 22.5 Å². The first-order valence-electron chi connectivity index (χ1n) is 7.25. The van der Waals surface area contributed by atoms with Crippen molar-refractivity contribution in [2.75, 3.05) is 6.54 Å². The zero-order valence-electron chi connectivity index (χ0n) is 13.1. The average molecular weight is 303 g/mol. The highest BCUT2D eigenvalue weighted by atomic mass is 16.6. The second-order valence-electron chi connectivity index (χ2n) is 6.35. The number of nitrogens with zero attached hydrogens (tertiary/aromatic N) is 1. The van der Waals surface area contributed by atoms with Crippen LogP contribution in [0, 0.1) is 0 Å². The number of carbonyl (C=O) groups is 2. The number of benzene rings is 1. The standard InChI is InChI=1S/C17H21NO4/c1-17(2,3)22-16(21)18-9-8-13-6-4-12(5-7-15(19)20)10-14(13)11-18/h4-7,10H,8-9,11H2,1-3H3,(H,19,20)/b7-5+. The molecule has 0 spiro atoms. The molecule has 22 heavy (non-hydrogen) atoms. The Morgan fingerprint density at radius 2 is 2.00 bits per heavy atom. The highest BCUT2D eigenvalue weighted by Crippen LogP contribution is 2.22. The Labute approximate surface area is 130 Å². The van der Waals surface area contributed by atoms with E-state index in [4.69, 9.17) is 9.84 Å². The SMILES string of the molecule is CC(C)(C)OC(=O)N1CCc2ccc(/C=C/C(=O)O)cc2C1. The van der Waals surface area contributed by atoms with Gasteiger partial charge in [-0.25, -0.2) is 9.59 Å². The summed E-state index contributed by atoms with van der Waals surface area (Å²) in [7, 11) is 0. The molecule has 1 aromatic carbocycles. The third-order valence-electron chi connectivity index (χ3n) is 3.31. The molecule has 1 N–H and O–H groups in total. The van der Waals surface area contributed by atoms with Gasteiger partial charge in [0, 0.05) is 19.2 Å². The van der Waals surface area contributed by atoms with Crippen molar-refractivity contribution in [3.05, 3.63) is 41.0 Å². The Morgan fingerprint density at radius 3 is 2.64 bits per heavy atom. The number of rotatable bonds is 2. The number of fused-ring (bicyclic) bond motifs is 1. The molecule has 1 aliphatic heterocycles. The lowest BCUT2D eigenvalue weighted by Crippen LogP contribution is -2.39. The third kappa shape index (κ3) is 4.35. The van der Waals surface area contributed by atoms with E-state index in [9.17, 15) is 9.59 Å². The summed E-state index contributed by atoms with van der Waals surface area (Å²) in [5, 5.41) is 8.68. The van der Waals surface area contributed by atoms with Crippen LogP contribution in [0.15, 0.2) is 24.3 Å². The van der Waals surface area contributed by atoms with E-state index >= 15 is 0 Å². The maximum Gasteiger partial charge on any atom is 0.410 e.